The van der Waals surface area contributed by atoms with Gasteiger partial charge in [0, 0.05) is 12.0 Å². The van der Waals surface area contributed by atoms with E-state index in [4.69, 9.17) is 17.3 Å². The molecule has 0 aliphatic heterocycles. The molecule has 0 aromatic heterocycles. The Morgan fingerprint density at radius 3 is 2.67 bits per heavy atom. The van der Waals surface area contributed by atoms with E-state index in [2.05, 4.69) is 5.32 Å². The molecule has 2 rings (SSSR count). The van der Waals surface area contributed by atoms with E-state index in [1.54, 1.807) is 0 Å². The highest BCUT2D eigenvalue weighted by Crippen LogP contribution is 2.27. The van der Waals surface area contributed by atoms with Crippen molar-refractivity contribution >= 4 is 23.2 Å². The molecule has 3 N–H and O–H groups in total. The maximum absolute atomic E-state index is 13.1. The van der Waals surface area contributed by atoms with Crippen LogP contribution in [0.25, 0.3) is 0 Å². The molecule has 98 valence electrons. The molecule has 0 atom stereocenters. The van der Waals surface area contributed by atoms with Gasteiger partial charge in [0.15, 0.2) is 0 Å². The number of halogens is 2. The largest absolute Gasteiger partial charge is 0.328 e. The van der Waals surface area contributed by atoms with Crippen molar-refractivity contribution in [3.8, 4) is 0 Å². The first-order valence-electron chi connectivity index (χ1n) is 6.08. The number of carbonyl (C=O) groups is 1. The van der Waals surface area contributed by atoms with Crippen LogP contribution < -0.4 is 11.1 Å². The van der Waals surface area contributed by atoms with Crippen molar-refractivity contribution in [2.75, 3.05) is 5.32 Å². The number of hydrogen-bond acceptors (Lipinski definition) is 2. The van der Waals surface area contributed by atoms with Crippen molar-refractivity contribution in [1.29, 1.82) is 0 Å². The summed E-state index contributed by atoms with van der Waals surface area (Å²) >= 11 is 5.90. The first-order chi connectivity index (χ1) is 8.56. The van der Waals surface area contributed by atoms with E-state index in [0.29, 0.717) is 10.7 Å². The molecule has 18 heavy (non-hydrogen) atoms. The van der Waals surface area contributed by atoms with Gasteiger partial charge in [-0.1, -0.05) is 11.6 Å². The molecule has 3 nitrogen and oxygen atoms in total. The summed E-state index contributed by atoms with van der Waals surface area (Å²) in [6.07, 6.45) is 3.27. The third-order valence-electron chi connectivity index (χ3n) is 3.33. The van der Waals surface area contributed by atoms with Crippen LogP contribution in [0, 0.1) is 11.7 Å². The molecule has 1 aliphatic carbocycles. The second kappa shape index (κ2) is 5.67. The second-order valence-electron chi connectivity index (χ2n) is 4.73. The van der Waals surface area contributed by atoms with E-state index in [0.717, 1.165) is 25.7 Å². The highest BCUT2D eigenvalue weighted by Gasteiger charge is 2.24. The summed E-state index contributed by atoms with van der Waals surface area (Å²) in [7, 11) is 0. The summed E-state index contributed by atoms with van der Waals surface area (Å²) in [4.78, 5) is 12.0. The predicted molar refractivity (Wildman–Crippen MR) is 70.0 cm³/mol. The van der Waals surface area contributed by atoms with Crippen LogP contribution in [0.2, 0.25) is 5.02 Å². The lowest BCUT2D eigenvalue weighted by molar-refractivity contribution is -0.120. The smallest absolute Gasteiger partial charge is 0.227 e. The number of nitrogens with one attached hydrogen (secondary N) is 1. The van der Waals surface area contributed by atoms with Crippen LogP contribution in [0.5, 0.6) is 0 Å². The molecular weight excluding hydrogens is 255 g/mol. The Labute approximate surface area is 111 Å². The average Bonchev–Trinajstić information content (AvgIpc) is 2.34. The lowest BCUT2D eigenvalue weighted by atomic mass is 9.86. The van der Waals surface area contributed by atoms with Gasteiger partial charge in [-0.3, -0.25) is 4.79 Å². The topological polar surface area (TPSA) is 55.1 Å². The number of benzene rings is 1. The van der Waals surface area contributed by atoms with Gasteiger partial charge >= 0.3 is 0 Å². The van der Waals surface area contributed by atoms with E-state index in [9.17, 15) is 9.18 Å². The van der Waals surface area contributed by atoms with Crippen molar-refractivity contribution in [2.45, 2.75) is 31.7 Å². The molecule has 1 aromatic rings. The summed E-state index contributed by atoms with van der Waals surface area (Å²) in [6.45, 7) is 0. The molecule has 1 amide bonds. The third-order valence-corrected chi connectivity index (χ3v) is 3.66. The molecule has 0 unspecified atom stereocenters. The normalized spacial score (nSPS) is 23.7. The minimum atomic E-state index is -0.416. The molecule has 0 saturated heterocycles. The van der Waals surface area contributed by atoms with Crippen LogP contribution >= 0.6 is 11.6 Å². The van der Waals surface area contributed by atoms with Gasteiger partial charge in [-0.15, -0.1) is 0 Å². The zero-order chi connectivity index (χ0) is 13.1. The van der Waals surface area contributed by atoms with Gasteiger partial charge in [-0.25, -0.2) is 4.39 Å². The van der Waals surface area contributed by atoms with Crippen molar-refractivity contribution in [2.24, 2.45) is 11.7 Å². The number of carbonyl (C=O) groups excluding carboxylic acids is 1. The fraction of sp³-hybridized carbons (Fsp3) is 0.462. The lowest BCUT2D eigenvalue weighted by Crippen LogP contribution is -2.32. The van der Waals surface area contributed by atoms with E-state index < -0.39 is 5.82 Å². The molecule has 1 aliphatic rings. The first kappa shape index (κ1) is 13.3. The Bertz CT molecular complexity index is 445. The Hall–Kier alpha value is -1.13. The lowest BCUT2D eigenvalue weighted by Gasteiger charge is -2.25. The quantitative estimate of drug-likeness (QED) is 0.868. The standard InChI is InChI=1S/C13H16ClFN2O/c14-11-6-3-9(15)7-12(11)17-13(18)8-1-4-10(16)5-2-8/h3,6-8,10H,1-2,4-5,16H2,(H,17,18). The van der Waals surface area contributed by atoms with Crippen molar-refractivity contribution < 1.29 is 9.18 Å². The van der Waals surface area contributed by atoms with Gasteiger partial charge in [0.1, 0.15) is 5.82 Å². The minimum absolute atomic E-state index is 0.0517. The molecule has 0 bridgehead atoms. The Balaban J connectivity index is 2.00. The summed E-state index contributed by atoms with van der Waals surface area (Å²) in [6, 6.07) is 4.13. The SMILES string of the molecule is NC1CCC(C(=O)Nc2cc(F)ccc2Cl)CC1. The second-order valence-corrected chi connectivity index (χ2v) is 5.13. The van der Waals surface area contributed by atoms with Gasteiger partial charge < -0.3 is 11.1 Å². The van der Waals surface area contributed by atoms with Gasteiger partial charge in [0.2, 0.25) is 5.91 Å². The zero-order valence-corrected chi connectivity index (χ0v) is 10.7. The number of rotatable bonds is 2. The molecule has 5 heteroatoms. The maximum atomic E-state index is 13.1. The maximum Gasteiger partial charge on any atom is 0.227 e. The van der Waals surface area contributed by atoms with Gasteiger partial charge in [0.05, 0.1) is 10.7 Å². The average molecular weight is 271 g/mol. The predicted octanol–water partition coefficient (Wildman–Crippen LogP) is 2.94. The van der Waals surface area contributed by atoms with E-state index in [-0.39, 0.29) is 17.9 Å². The van der Waals surface area contributed by atoms with E-state index in [1.165, 1.54) is 18.2 Å². The van der Waals surface area contributed by atoms with Crippen LogP contribution in [0.3, 0.4) is 0 Å². The summed E-state index contributed by atoms with van der Waals surface area (Å²) in [5.74, 6) is -0.570. The van der Waals surface area contributed by atoms with Crippen LogP contribution in [0.4, 0.5) is 10.1 Å². The number of hydrogen-bond donors (Lipinski definition) is 2. The molecule has 0 heterocycles. The molecule has 0 radical (unpaired) electrons. The highest BCUT2D eigenvalue weighted by atomic mass is 35.5. The molecule has 1 saturated carbocycles. The summed E-state index contributed by atoms with van der Waals surface area (Å²) in [5, 5.41) is 3.03. The first-order valence-corrected chi connectivity index (χ1v) is 6.45. The molecule has 1 fully saturated rings. The zero-order valence-electron chi connectivity index (χ0n) is 9.96. The molecule has 0 spiro atoms. The van der Waals surface area contributed by atoms with Crippen molar-refractivity contribution in [3.05, 3.63) is 29.0 Å². The van der Waals surface area contributed by atoms with Gasteiger partial charge in [-0.05, 0) is 43.9 Å². The molecule has 1 aromatic carbocycles. The van der Waals surface area contributed by atoms with Crippen LogP contribution in [0.1, 0.15) is 25.7 Å². The van der Waals surface area contributed by atoms with Gasteiger partial charge in [-0.2, -0.15) is 0 Å². The highest BCUT2D eigenvalue weighted by molar-refractivity contribution is 6.33. The van der Waals surface area contributed by atoms with Gasteiger partial charge in [0.25, 0.3) is 0 Å². The number of nitrogens with two attached hydrogens (primary N) is 1. The minimum Gasteiger partial charge on any atom is -0.328 e. The Morgan fingerprint density at radius 1 is 1.33 bits per heavy atom. The Morgan fingerprint density at radius 2 is 2.00 bits per heavy atom. The fourth-order valence-electron chi connectivity index (χ4n) is 2.21. The Kier molecular flexibility index (Phi) is 4.19. The fourth-order valence-corrected chi connectivity index (χ4v) is 2.37. The van der Waals surface area contributed by atoms with Crippen LogP contribution in [-0.4, -0.2) is 11.9 Å². The molecular formula is C13H16ClFN2O. The number of amides is 1. The van der Waals surface area contributed by atoms with Crippen LogP contribution in [0.15, 0.2) is 18.2 Å². The third kappa shape index (κ3) is 3.21. The number of anilines is 1. The van der Waals surface area contributed by atoms with E-state index >= 15 is 0 Å². The monoisotopic (exact) mass is 270 g/mol. The summed E-state index contributed by atoms with van der Waals surface area (Å²) < 4.78 is 13.1. The van der Waals surface area contributed by atoms with Crippen molar-refractivity contribution in [3.63, 3.8) is 0 Å². The summed E-state index contributed by atoms with van der Waals surface area (Å²) in [5.41, 5.74) is 6.12. The van der Waals surface area contributed by atoms with Crippen LogP contribution in [-0.2, 0) is 4.79 Å². The van der Waals surface area contributed by atoms with Crippen molar-refractivity contribution in [1.82, 2.24) is 0 Å². The van der Waals surface area contributed by atoms with E-state index in [1.807, 2.05) is 0 Å².